The predicted molar refractivity (Wildman–Crippen MR) is 63.5 cm³/mol. The monoisotopic (exact) mass is 197 g/mol. The van der Waals surface area contributed by atoms with Crippen molar-refractivity contribution in [3.63, 3.8) is 0 Å². The molecule has 2 unspecified atom stereocenters. The third-order valence-corrected chi connectivity index (χ3v) is 3.55. The molecule has 3 heteroatoms. The van der Waals surface area contributed by atoms with Gasteiger partial charge in [-0.2, -0.15) is 0 Å². The minimum Gasteiger partial charge on any atom is -0.385 e. The molecule has 0 aromatic heterocycles. The number of hydrogen-bond acceptors (Lipinski definition) is 2. The van der Waals surface area contributed by atoms with Gasteiger partial charge in [-0.25, -0.2) is 0 Å². The van der Waals surface area contributed by atoms with E-state index in [0.29, 0.717) is 11.5 Å². The van der Waals surface area contributed by atoms with Crippen molar-refractivity contribution in [2.45, 2.75) is 51.6 Å². The molecule has 2 atom stereocenters. The maximum absolute atomic E-state index is 5.58. The summed E-state index contributed by atoms with van der Waals surface area (Å²) in [5, 5.41) is 0. The minimum absolute atomic E-state index is 0.396. The molecule has 0 spiro atoms. The first-order chi connectivity index (χ1) is 6.62. The summed E-state index contributed by atoms with van der Waals surface area (Å²) in [6, 6.07) is 0.409. The van der Waals surface area contributed by atoms with Gasteiger partial charge in [0.05, 0.1) is 6.61 Å². The van der Waals surface area contributed by atoms with Gasteiger partial charge in [0.2, 0.25) is 0 Å². The second kappa shape index (κ2) is 5.17. The molecule has 1 heterocycles. The Kier molecular flexibility index (Phi) is 4.46. The Morgan fingerprint density at radius 2 is 2.21 bits per heavy atom. The molecule has 0 bridgehead atoms. The average Bonchev–Trinajstić information content (AvgIpc) is 2.18. The van der Waals surface area contributed by atoms with Crippen LogP contribution in [-0.4, -0.2) is 44.0 Å². The molecular weight excluding hydrogens is 173 g/mol. The Balaban J connectivity index is 2.58. The largest absolute Gasteiger partial charge is 0.385 e. The average molecular weight is 197 g/mol. The fourth-order valence-electron chi connectivity index (χ4n) is 2.41. The Morgan fingerprint density at radius 3 is 2.71 bits per heavy atom. The molecule has 0 radical (unpaired) electrons. The number of morpholine rings is 1. The SMILES string of the molecule is BC1CN(C(C)(CC)CCC)CCO1. The van der Waals surface area contributed by atoms with Crippen LogP contribution in [0.5, 0.6) is 0 Å². The fourth-order valence-corrected chi connectivity index (χ4v) is 2.41. The minimum atomic E-state index is 0.396. The molecule has 1 saturated heterocycles. The first-order valence-electron chi connectivity index (χ1n) is 5.99. The van der Waals surface area contributed by atoms with Gasteiger partial charge in [0.1, 0.15) is 7.85 Å². The molecule has 0 saturated carbocycles. The highest BCUT2D eigenvalue weighted by atomic mass is 16.5. The number of rotatable bonds is 4. The van der Waals surface area contributed by atoms with Crippen molar-refractivity contribution in [3.8, 4) is 0 Å². The summed E-state index contributed by atoms with van der Waals surface area (Å²) >= 11 is 0. The van der Waals surface area contributed by atoms with Crippen LogP contribution in [0.1, 0.15) is 40.0 Å². The van der Waals surface area contributed by atoms with Crippen molar-refractivity contribution in [2.24, 2.45) is 0 Å². The Morgan fingerprint density at radius 1 is 1.50 bits per heavy atom. The lowest BCUT2D eigenvalue weighted by atomic mass is 9.88. The van der Waals surface area contributed by atoms with Crippen LogP contribution in [0.3, 0.4) is 0 Å². The van der Waals surface area contributed by atoms with Crippen LogP contribution in [-0.2, 0) is 4.74 Å². The van der Waals surface area contributed by atoms with E-state index in [9.17, 15) is 0 Å². The van der Waals surface area contributed by atoms with Crippen LogP contribution >= 0.6 is 0 Å². The lowest BCUT2D eigenvalue weighted by Gasteiger charge is -2.45. The first-order valence-corrected chi connectivity index (χ1v) is 5.99. The Hall–Kier alpha value is -0.0151. The van der Waals surface area contributed by atoms with Gasteiger partial charge in [0.15, 0.2) is 0 Å². The zero-order valence-corrected chi connectivity index (χ0v) is 10.2. The molecule has 0 aromatic carbocycles. The molecule has 0 aliphatic carbocycles. The zero-order chi connectivity index (χ0) is 10.6. The molecule has 0 aromatic rings. The second-order valence-corrected chi connectivity index (χ2v) is 4.73. The molecule has 1 aliphatic heterocycles. The summed E-state index contributed by atoms with van der Waals surface area (Å²) in [5.74, 6) is 0. The van der Waals surface area contributed by atoms with Gasteiger partial charge in [-0.15, -0.1) is 0 Å². The van der Waals surface area contributed by atoms with E-state index in [1.807, 2.05) is 0 Å². The molecule has 1 rings (SSSR count). The van der Waals surface area contributed by atoms with E-state index in [2.05, 4.69) is 33.5 Å². The summed E-state index contributed by atoms with van der Waals surface area (Å²) < 4.78 is 5.58. The number of ether oxygens (including phenoxy) is 1. The van der Waals surface area contributed by atoms with Gasteiger partial charge in [0, 0.05) is 24.6 Å². The highest BCUT2D eigenvalue weighted by Crippen LogP contribution is 2.26. The second-order valence-electron chi connectivity index (χ2n) is 4.73. The summed E-state index contributed by atoms with van der Waals surface area (Å²) in [4.78, 5) is 2.62. The van der Waals surface area contributed by atoms with Crippen molar-refractivity contribution in [1.82, 2.24) is 4.90 Å². The van der Waals surface area contributed by atoms with E-state index in [1.54, 1.807) is 0 Å². The molecule has 1 aliphatic rings. The van der Waals surface area contributed by atoms with Gasteiger partial charge >= 0.3 is 0 Å². The zero-order valence-electron chi connectivity index (χ0n) is 10.2. The molecule has 14 heavy (non-hydrogen) atoms. The smallest absolute Gasteiger partial charge is 0.140 e. The summed E-state index contributed by atoms with van der Waals surface area (Å²) in [7, 11) is 2.17. The molecule has 82 valence electrons. The van der Waals surface area contributed by atoms with Crippen LogP contribution < -0.4 is 0 Å². The highest BCUT2D eigenvalue weighted by molar-refractivity contribution is 6.11. The molecule has 0 amide bonds. The number of nitrogens with zero attached hydrogens (tertiary/aromatic N) is 1. The third-order valence-electron chi connectivity index (χ3n) is 3.55. The van der Waals surface area contributed by atoms with Crippen LogP contribution in [0.15, 0.2) is 0 Å². The number of hydrogen-bond donors (Lipinski definition) is 0. The normalized spacial score (nSPS) is 28.6. The van der Waals surface area contributed by atoms with E-state index < -0.39 is 0 Å². The lowest BCUT2D eigenvalue weighted by molar-refractivity contribution is -0.0382. The van der Waals surface area contributed by atoms with Crippen LogP contribution in [0, 0.1) is 0 Å². The van der Waals surface area contributed by atoms with Gasteiger partial charge in [-0.3, -0.25) is 4.90 Å². The van der Waals surface area contributed by atoms with Crippen molar-refractivity contribution >= 4 is 7.85 Å². The maximum atomic E-state index is 5.58. The predicted octanol–water partition coefficient (Wildman–Crippen LogP) is 1.25. The van der Waals surface area contributed by atoms with Crippen LogP contribution in [0.25, 0.3) is 0 Å². The molecule has 2 nitrogen and oxygen atoms in total. The first kappa shape index (κ1) is 12.1. The van der Waals surface area contributed by atoms with Crippen molar-refractivity contribution in [1.29, 1.82) is 0 Å². The maximum Gasteiger partial charge on any atom is 0.140 e. The third kappa shape index (κ3) is 2.74. The van der Waals surface area contributed by atoms with Crippen molar-refractivity contribution < 1.29 is 4.74 Å². The topological polar surface area (TPSA) is 12.5 Å². The van der Waals surface area contributed by atoms with Gasteiger partial charge in [0.25, 0.3) is 0 Å². The van der Waals surface area contributed by atoms with E-state index in [0.717, 1.165) is 19.7 Å². The van der Waals surface area contributed by atoms with Gasteiger partial charge in [-0.05, 0) is 19.8 Å². The summed E-state index contributed by atoms with van der Waals surface area (Å²) in [6.45, 7) is 10.1. The quantitative estimate of drug-likeness (QED) is 0.629. The summed E-state index contributed by atoms with van der Waals surface area (Å²) in [5.41, 5.74) is 0.396. The van der Waals surface area contributed by atoms with Crippen LogP contribution in [0.4, 0.5) is 0 Å². The fraction of sp³-hybridized carbons (Fsp3) is 1.00. The summed E-state index contributed by atoms with van der Waals surface area (Å²) in [6.07, 6.45) is 3.82. The Bertz CT molecular complexity index is 177. The van der Waals surface area contributed by atoms with Gasteiger partial charge < -0.3 is 4.74 Å². The van der Waals surface area contributed by atoms with Crippen LogP contribution in [0.2, 0.25) is 0 Å². The van der Waals surface area contributed by atoms with E-state index >= 15 is 0 Å². The van der Waals surface area contributed by atoms with Crippen molar-refractivity contribution in [2.75, 3.05) is 19.7 Å². The highest BCUT2D eigenvalue weighted by Gasteiger charge is 2.31. The molecule has 1 fully saturated rings. The lowest BCUT2D eigenvalue weighted by Crippen LogP contribution is -2.54. The van der Waals surface area contributed by atoms with Crippen molar-refractivity contribution in [3.05, 3.63) is 0 Å². The standard InChI is InChI=1S/C11H24BNO/c1-4-6-11(3,5-2)13-7-8-14-10(12)9-13/h10H,4-9,12H2,1-3H3. The van der Waals surface area contributed by atoms with E-state index in [4.69, 9.17) is 4.74 Å². The molecular formula is C11H24BNO. The van der Waals surface area contributed by atoms with E-state index in [-0.39, 0.29) is 0 Å². The van der Waals surface area contributed by atoms with E-state index in [1.165, 1.54) is 19.3 Å². The molecule has 0 N–H and O–H groups in total. The Labute approximate surface area is 89.4 Å². The van der Waals surface area contributed by atoms with Gasteiger partial charge in [-0.1, -0.05) is 20.3 Å².